The van der Waals surface area contributed by atoms with Crippen molar-refractivity contribution in [1.82, 2.24) is 5.32 Å². The molecule has 1 heterocycles. The number of fused-ring (bicyclic) bond motifs is 1. The van der Waals surface area contributed by atoms with Crippen LogP contribution in [0, 0.1) is 23.6 Å². The van der Waals surface area contributed by atoms with Crippen molar-refractivity contribution in [2.45, 2.75) is 6.42 Å². The number of benzene rings is 1. The van der Waals surface area contributed by atoms with Crippen LogP contribution < -0.4 is 5.32 Å². The minimum Gasteiger partial charge on any atom is -0.316 e. The average Bonchev–Trinajstić information content (AvgIpc) is 2.62. The SMILES string of the molecule is Fc1cccc(CC2C3CNCC32)c1. The van der Waals surface area contributed by atoms with Gasteiger partial charge in [0.05, 0.1) is 0 Å². The van der Waals surface area contributed by atoms with Crippen LogP contribution in [0.5, 0.6) is 0 Å². The summed E-state index contributed by atoms with van der Waals surface area (Å²) in [4.78, 5) is 0. The highest BCUT2D eigenvalue weighted by atomic mass is 19.1. The minimum absolute atomic E-state index is 0.105. The van der Waals surface area contributed by atoms with Gasteiger partial charge in [0, 0.05) is 0 Å². The first-order valence-electron chi connectivity index (χ1n) is 5.30. The molecular formula is C12H14FN. The Balaban J connectivity index is 1.68. The quantitative estimate of drug-likeness (QED) is 0.752. The van der Waals surface area contributed by atoms with E-state index in [4.69, 9.17) is 0 Å². The van der Waals surface area contributed by atoms with Gasteiger partial charge in [-0.15, -0.1) is 0 Å². The largest absolute Gasteiger partial charge is 0.316 e. The molecule has 0 spiro atoms. The van der Waals surface area contributed by atoms with E-state index in [1.54, 1.807) is 12.1 Å². The molecule has 1 aliphatic carbocycles. The van der Waals surface area contributed by atoms with Crippen molar-refractivity contribution in [3.8, 4) is 0 Å². The number of halogens is 1. The van der Waals surface area contributed by atoms with Gasteiger partial charge in [0.25, 0.3) is 0 Å². The van der Waals surface area contributed by atoms with Crippen LogP contribution in [-0.4, -0.2) is 13.1 Å². The summed E-state index contributed by atoms with van der Waals surface area (Å²) in [6.45, 7) is 2.34. The summed E-state index contributed by atoms with van der Waals surface area (Å²) in [5, 5.41) is 3.37. The normalized spacial score (nSPS) is 34.2. The lowest BCUT2D eigenvalue weighted by atomic mass is 10.1. The second-order valence-corrected chi connectivity index (χ2v) is 4.48. The number of piperidine rings is 1. The van der Waals surface area contributed by atoms with Crippen molar-refractivity contribution in [3.05, 3.63) is 35.6 Å². The van der Waals surface area contributed by atoms with Crippen molar-refractivity contribution in [2.24, 2.45) is 17.8 Å². The van der Waals surface area contributed by atoms with Crippen LogP contribution in [-0.2, 0) is 6.42 Å². The van der Waals surface area contributed by atoms with Crippen molar-refractivity contribution in [2.75, 3.05) is 13.1 Å². The molecule has 74 valence electrons. The third kappa shape index (κ3) is 1.34. The zero-order valence-electron chi connectivity index (χ0n) is 8.04. The molecule has 2 atom stereocenters. The maximum absolute atomic E-state index is 12.9. The third-order valence-electron chi connectivity index (χ3n) is 3.63. The summed E-state index contributed by atoms with van der Waals surface area (Å²) >= 11 is 0. The van der Waals surface area contributed by atoms with Crippen molar-refractivity contribution in [3.63, 3.8) is 0 Å². The number of nitrogens with one attached hydrogen (secondary N) is 1. The summed E-state index contributed by atoms with van der Waals surface area (Å²) in [6, 6.07) is 7.02. The molecule has 1 aliphatic heterocycles. The van der Waals surface area contributed by atoms with Gasteiger partial charge in [-0.25, -0.2) is 4.39 Å². The number of hydrogen-bond donors (Lipinski definition) is 1. The summed E-state index contributed by atoms with van der Waals surface area (Å²) in [5.41, 5.74) is 1.16. The van der Waals surface area contributed by atoms with Crippen LogP contribution in [0.1, 0.15) is 5.56 Å². The molecule has 2 unspecified atom stereocenters. The lowest BCUT2D eigenvalue weighted by Gasteiger charge is -2.04. The first-order valence-corrected chi connectivity index (χ1v) is 5.30. The van der Waals surface area contributed by atoms with E-state index in [1.807, 2.05) is 6.07 Å². The van der Waals surface area contributed by atoms with Crippen LogP contribution in [0.15, 0.2) is 24.3 Å². The van der Waals surface area contributed by atoms with Gasteiger partial charge in [-0.05, 0) is 55.0 Å². The smallest absolute Gasteiger partial charge is 0.123 e. The summed E-state index contributed by atoms with van der Waals surface area (Å²) in [7, 11) is 0. The van der Waals surface area contributed by atoms with Crippen molar-refractivity contribution < 1.29 is 4.39 Å². The summed E-state index contributed by atoms with van der Waals surface area (Å²) < 4.78 is 12.9. The van der Waals surface area contributed by atoms with Crippen LogP contribution in [0.3, 0.4) is 0 Å². The van der Waals surface area contributed by atoms with E-state index in [0.29, 0.717) is 0 Å². The Kier molecular flexibility index (Phi) is 1.84. The summed E-state index contributed by atoms with van der Waals surface area (Å²) in [5.74, 6) is 2.46. The second kappa shape index (κ2) is 3.06. The molecular weight excluding hydrogens is 177 g/mol. The van der Waals surface area contributed by atoms with Crippen LogP contribution in [0.25, 0.3) is 0 Å². The Labute approximate surface area is 83.3 Å². The average molecular weight is 191 g/mol. The minimum atomic E-state index is -0.105. The molecule has 1 nitrogen and oxygen atoms in total. The zero-order valence-corrected chi connectivity index (χ0v) is 8.04. The van der Waals surface area contributed by atoms with Gasteiger partial charge in [0.15, 0.2) is 0 Å². The van der Waals surface area contributed by atoms with Gasteiger partial charge in [-0.1, -0.05) is 12.1 Å². The van der Waals surface area contributed by atoms with E-state index < -0.39 is 0 Å². The predicted molar refractivity (Wildman–Crippen MR) is 53.4 cm³/mol. The van der Waals surface area contributed by atoms with Gasteiger partial charge < -0.3 is 5.32 Å². The number of rotatable bonds is 2. The van der Waals surface area contributed by atoms with Gasteiger partial charge in [-0.3, -0.25) is 0 Å². The van der Waals surface area contributed by atoms with Crippen LogP contribution in [0.2, 0.25) is 0 Å². The second-order valence-electron chi connectivity index (χ2n) is 4.48. The molecule has 0 bridgehead atoms. The Morgan fingerprint density at radius 2 is 2.07 bits per heavy atom. The highest BCUT2D eigenvalue weighted by molar-refractivity contribution is 5.20. The molecule has 2 fully saturated rings. The molecule has 1 saturated heterocycles. The molecule has 0 radical (unpaired) electrons. The topological polar surface area (TPSA) is 12.0 Å². The molecule has 0 amide bonds. The molecule has 2 heteroatoms. The molecule has 1 saturated carbocycles. The van der Waals surface area contributed by atoms with Gasteiger partial charge in [0.2, 0.25) is 0 Å². The van der Waals surface area contributed by atoms with Crippen molar-refractivity contribution in [1.29, 1.82) is 0 Å². The lowest BCUT2D eigenvalue weighted by Crippen LogP contribution is -2.15. The Hall–Kier alpha value is -0.890. The predicted octanol–water partition coefficient (Wildman–Crippen LogP) is 1.83. The monoisotopic (exact) mass is 191 g/mol. The van der Waals surface area contributed by atoms with Gasteiger partial charge in [0.1, 0.15) is 5.82 Å². The zero-order chi connectivity index (χ0) is 9.54. The van der Waals surface area contributed by atoms with Gasteiger partial charge in [-0.2, -0.15) is 0 Å². The number of hydrogen-bond acceptors (Lipinski definition) is 1. The van der Waals surface area contributed by atoms with E-state index in [-0.39, 0.29) is 5.82 Å². The fourth-order valence-electron chi connectivity index (χ4n) is 2.79. The Bertz CT molecular complexity index is 340. The molecule has 1 aromatic carbocycles. The highest BCUT2D eigenvalue weighted by Crippen LogP contribution is 2.50. The molecule has 14 heavy (non-hydrogen) atoms. The van der Waals surface area contributed by atoms with Crippen LogP contribution in [0.4, 0.5) is 4.39 Å². The fourth-order valence-corrected chi connectivity index (χ4v) is 2.79. The van der Waals surface area contributed by atoms with Crippen LogP contribution >= 0.6 is 0 Å². The van der Waals surface area contributed by atoms with E-state index in [9.17, 15) is 4.39 Å². The maximum Gasteiger partial charge on any atom is 0.123 e. The first-order chi connectivity index (χ1) is 6.84. The Morgan fingerprint density at radius 3 is 2.79 bits per heavy atom. The van der Waals surface area contributed by atoms with E-state index in [2.05, 4.69) is 5.32 Å². The molecule has 1 N–H and O–H groups in total. The lowest BCUT2D eigenvalue weighted by molar-refractivity contribution is 0.587. The van der Waals surface area contributed by atoms with E-state index >= 15 is 0 Å². The third-order valence-corrected chi connectivity index (χ3v) is 3.63. The van der Waals surface area contributed by atoms with Gasteiger partial charge >= 0.3 is 0 Å². The first kappa shape index (κ1) is 8.42. The fraction of sp³-hybridized carbons (Fsp3) is 0.500. The Morgan fingerprint density at radius 1 is 1.29 bits per heavy atom. The molecule has 0 aromatic heterocycles. The van der Waals surface area contributed by atoms with E-state index in [1.165, 1.54) is 19.2 Å². The van der Waals surface area contributed by atoms with Crippen molar-refractivity contribution >= 4 is 0 Å². The standard InChI is InChI=1S/C12H14FN/c13-9-3-1-2-8(4-9)5-10-11-6-14-7-12(10)11/h1-4,10-12,14H,5-7H2. The molecule has 3 rings (SSSR count). The summed E-state index contributed by atoms with van der Waals surface area (Å²) in [6.07, 6.45) is 1.06. The molecule has 1 aromatic rings. The van der Waals surface area contributed by atoms with E-state index in [0.717, 1.165) is 29.7 Å². The molecule has 2 aliphatic rings. The maximum atomic E-state index is 12.9. The highest BCUT2D eigenvalue weighted by Gasteiger charge is 2.52.